The van der Waals surface area contributed by atoms with Crippen LogP contribution in [0.25, 0.3) is 33.5 Å². The fourth-order valence-electron chi connectivity index (χ4n) is 4.80. The van der Waals surface area contributed by atoms with Crippen molar-refractivity contribution < 1.29 is 9.53 Å². The normalized spacial score (nSPS) is 15.0. The van der Waals surface area contributed by atoms with Crippen LogP contribution < -0.4 is 21.1 Å². The van der Waals surface area contributed by atoms with Gasteiger partial charge in [-0.15, -0.1) is 0 Å². The molecule has 1 saturated heterocycles. The summed E-state index contributed by atoms with van der Waals surface area (Å²) < 4.78 is 7.41. The highest BCUT2D eigenvalue weighted by Crippen LogP contribution is 2.42. The summed E-state index contributed by atoms with van der Waals surface area (Å²) in [4.78, 5) is 16.2. The van der Waals surface area contributed by atoms with Crippen molar-refractivity contribution in [3.8, 4) is 39.4 Å². The van der Waals surface area contributed by atoms with E-state index in [1.54, 1.807) is 18.0 Å². The van der Waals surface area contributed by atoms with Crippen molar-refractivity contribution in [1.82, 2.24) is 25.4 Å². The Morgan fingerprint density at radius 1 is 1.08 bits per heavy atom. The number of ether oxygens (including phenoxy) is 1. The summed E-state index contributed by atoms with van der Waals surface area (Å²) in [5.41, 5.74) is 11.5. The zero-order valence-electron chi connectivity index (χ0n) is 21.6. The molecule has 0 saturated carbocycles. The van der Waals surface area contributed by atoms with E-state index in [0.717, 1.165) is 39.8 Å². The van der Waals surface area contributed by atoms with Crippen LogP contribution in [0.4, 0.5) is 0 Å². The van der Waals surface area contributed by atoms with Gasteiger partial charge in [0.1, 0.15) is 0 Å². The SMILES string of the molecule is COc1nc(-c2cccc(-c3cccc(-c4cnn(CCN)c4)c3Cl)c2Cl)ccc1CNC[C@@H]1CCC(=O)N1. The van der Waals surface area contributed by atoms with E-state index >= 15 is 0 Å². The molecule has 3 heterocycles. The second-order valence-corrected chi connectivity index (χ2v) is 10.2. The van der Waals surface area contributed by atoms with Gasteiger partial charge >= 0.3 is 0 Å². The number of nitrogens with zero attached hydrogens (tertiary/aromatic N) is 3. The van der Waals surface area contributed by atoms with Crippen LogP contribution in [0.3, 0.4) is 0 Å². The van der Waals surface area contributed by atoms with Crippen molar-refractivity contribution in [2.45, 2.75) is 32.0 Å². The molecular formula is C29H30Cl2N6O2. The van der Waals surface area contributed by atoms with Gasteiger partial charge in [0.2, 0.25) is 11.8 Å². The number of carbonyl (C=O) groups excluding carboxylic acids is 1. The maximum atomic E-state index is 11.4. The van der Waals surface area contributed by atoms with E-state index in [-0.39, 0.29) is 11.9 Å². The minimum absolute atomic E-state index is 0.108. The van der Waals surface area contributed by atoms with Crippen LogP contribution in [0, 0.1) is 0 Å². The number of methoxy groups -OCH3 is 1. The minimum Gasteiger partial charge on any atom is -0.481 e. The Hall–Kier alpha value is -3.43. The molecule has 1 atom stereocenters. The van der Waals surface area contributed by atoms with E-state index in [9.17, 15) is 4.79 Å². The van der Waals surface area contributed by atoms with E-state index in [4.69, 9.17) is 38.7 Å². The molecule has 10 heteroatoms. The first-order chi connectivity index (χ1) is 19.0. The van der Waals surface area contributed by atoms with E-state index in [0.29, 0.717) is 54.2 Å². The Morgan fingerprint density at radius 3 is 2.49 bits per heavy atom. The standard InChI is InChI=1S/C29H30Cl2N6O2/c1-39-29-18(14-33-16-20-9-11-26(38)35-20)8-10-25(36-29)24-7-3-6-23(28(24)31)22-5-2-4-21(27(22)30)19-15-34-37(17-19)13-12-32/h2-8,10,15,17,20,33H,9,11-14,16,32H2,1H3,(H,35,38)/t20-/m0/s1. The highest BCUT2D eigenvalue weighted by atomic mass is 35.5. The molecule has 0 spiro atoms. The van der Waals surface area contributed by atoms with Crippen LogP contribution in [0.2, 0.25) is 10.0 Å². The number of nitrogens with two attached hydrogens (primary N) is 1. The summed E-state index contributed by atoms with van der Waals surface area (Å²) in [5.74, 6) is 0.627. The van der Waals surface area contributed by atoms with Crippen LogP contribution in [-0.4, -0.2) is 46.9 Å². The van der Waals surface area contributed by atoms with Crippen molar-refractivity contribution in [3.63, 3.8) is 0 Å². The molecule has 5 rings (SSSR count). The van der Waals surface area contributed by atoms with Crippen molar-refractivity contribution in [2.24, 2.45) is 5.73 Å². The number of pyridine rings is 1. The zero-order valence-corrected chi connectivity index (χ0v) is 23.1. The number of aromatic nitrogens is 3. The molecule has 0 radical (unpaired) electrons. The number of benzene rings is 2. The summed E-state index contributed by atoms with van der Waals surface area (Å²) >= 11 is 13.9. The lowest BCUT2D eigenvalue weighted by Gasteiger charge is -2.15. The first kappa shape index (κ1) is 27.1. The number of hydrogen-bond acceptors (Lipinski definition) is 6. The van der Waals surface area contributed by atoms with Crippen molar-refractivity contribution in [1.29, 1.82) is 0 Å². The molecule has 2 aromatic heterocycles. The Kier molecular flexibility index (Phi) is 8.47. The molecule has 1 aliphatic heterocycles. The molecule has 4 N–H and O–H groups in total. The molecule has 2 aromatic carbocycles. The van der Waals surface area contributed by atoms with Gasteiger partial charge in [0, 0.05) is 71.7 Å². The first-order valence-electron chi connectivity index (χ1n) is 12.8. The molecule has 0 aliphatic carbocycles. The number of halogens is 2. The molecule has 0 unspecified atom stereocenters. The smallest absolute Gasteiger partial charge is 0.220 e. The number of amides is 1. The predicted molar refractivity (Wildman–Crippen MR) is 155 cm³/mol. The second-order valence-electron chi connectivity index (χ2n) is 9.41. The molecule has 0 bridgehead atoms. The van der Waals surface area contributed by atoms with Crippen LogP contribution in [-0.2, 0) is 17.9 Å². The Bertz CT molecular complexity index is 1490. The third-order valence-corrected chi connectivity index (χ3v) is 7.60. The number of hydrogen-bond donors (Lipinski definition) is 3. The van der Waals surface area contributed by atoms with Gasteiger partial charge in [0.05, 0.1) is 35.6 Å². The average molecular weight is 566 g/mol. The quantitative estimate of drug-likeness (QED) is 0.252. The van der Waals surface area contributed by atoms with Crippen LogP contribution in [0.1, 0.15) is 18.4 Å². The van der Waals surface area contributed by atoms with Gasteiger partial charge in [-0.1, -0.05) is 65.7 Å². The fraction of sp³-hybridized carbons (Fsp3) is 0.276. The summed E-state index contributed by atoms with van der Waals surface area (Å²) in [6.45, 7) is 2.40. The van der Waals surface area contributed by atoms with Crippen LogP contribution >= 0.6 is 23.2 Å². The van der Waals surface area contributed by atoms with Crippen molar-refractivity contribution in [2.75, 3.05) is 20.2 Å². The topological polar surface area (TPSA) is 107 Å². The van der Waals surface area contributed by atoms with E-state index in [2.05, 4.69) is 15.7 Å². The Labute approximate surface area is 237 Å². The van der Waals surface area contributed by atoms with Gasteiger partial charge in [0.15, 0.2) is 0 Å². The van der Waals surface area contributed by atoms with Gasteiger partial charge in [-0.3, -0.25) is 9.48 Å². The largest absolute Gasteiger partial charge is 0.481 e. The van der Waals surface area contributed by atoms with Gasteiger partial charge in [-0.2, -0.15) is 5.10 Å². The van der Waals surface area contributed by atoms with E-state index in [1.807, 2.05) is 54.7 Å². The Balaban J connectivity index is 1.40. The van der Waals surface area contributed by atoms with Gasteiger partial charge in [-0.05, 0) is 12.5 Å². The third-order valence-electron chi connectivity index (χ3n) is 6.79. The summed E-state index contributed by atoms with van der Waals surface area (Å²) in [5, 5.41) is 11.9. The predicted octanol–water partition coefficient (Wildman–Crippen LogP) is 4.92. The molecule has 1 amide bonds. The summed E-state index contributed by atoms with van der Waals surface area (Å²) in [7, 11) is 1.60. The zero-order chi connectivity index (χ0) is 27.4. The van der Waals surface area contributed by atoms with Crippen LogP contribution in [0.15, 0.2) is 60.9 Å². The lowest BCUT2D eigenvalue weighted by atomic mass is 9.97. The van der Waals surface area contributed by atoms with Crippen molar-refractivity contribution in [3.05, 3.63) is 76.5 Å². The molecule has 8 nitrogen and oxygen atoms in total. The highest BCUT2D eigenvalue weighted by Gasteiger charge is 2.21. The Morgan fingerprint density at radius 2 is 1.79 bits per heavy atom. The molecule has 1 fully saturated rings. The molecule has 202 valence electrons. The molecule has 1 aliphatic rings. The molecule has 39 heavy (non-hydrogen) atoms. The monoisotopic (exact) mass is 564 g/mol. The van der Waals surface area contributed by atoms with E-state index < -0.39 is 0 Å². The second kappa shape index (κ2) is 12.2. The fourth-order valence-corrected chi connectivity index (χ4v) is 5.46. The van der Waals surface area contributed by atoms with Gasteiger partial charge in [-0.25, -0.2) is 4.98 Å². The number of rotatable bonds is 10. The summed E-state index contributed by atoms with van der Waals surface area (Å²) in [6, 6.07) is 15.8. The van der Waals surface area contributed by atoms with Gasteiger partial charge in [0.25, 0.3) is 0 Å². The van der Waals surface area contributed by atoms with Gasteiger partial charge < -0.3 is 21.1 Å². The highest BCUT2D eigenvalue weighted by molar-refractivity contribution is 6.39. The third kappa shape index (κ3) is 5.94. The number of nitrogens with one attached hydrogen (secondary N) is 2. The number of carbonyl (C=O) groups is 1. The lowest BCUT2D eigenvalue weighted by Crippen LogP contribution is -2.35. The molecular weight excluding hydrogens is 535 g/mol. The maximum Gasteiger partial charge on any atom is 0.220 e. The maximum absolute atomic E-state index is 11.4. The lowest BCUT2D eigenvalue weighted by molar-refractivity contribution is -0.119. The first-order valence-corrected chi connectivity index (χ1v) is 13.6. The molecule has 4 aromatic rings. The average Bonchev–Trinajstić information content (AvgIpc) is 3.58. The van der Waals surface area contributed by atoms with E-state index in [1.165, 1.54) is 0 Å². The minimum atomic E-state index is 0.108. The van der Waals surface area contributed by atoms with Crippen molar-refractivity contribution >= 4 is 29.1 Å². The van der Waals surface area contributed by atoms with Crippen LogP contribution in [0.5, 0.6) is 5.88 Å². The summed E-state index contributed by atoms with van der Waals surface area (Å²) in [6.07, 6.45) is 5.15.